The number of hydrogen-bond acceptors (Lipinski definition) is 5. The maximum Gasteiger partial charge on any atom is 0.290 e. The highest BCUT2D eigenvalue weighted by Crippen LogP contribution is 2.39. The van der Waals surface area contributed by atoms with Crippen LogP contribution >= 0.6 is 0 Å². The minimum atomic E-state index is -0.554. The van der Waals surface area contributed by atoms with E-state index in [9.17, 15) is 9.90 Å². The van der Waals surface area contributed by atoms with Crippen molar-refractivity contribution >= 4 is 11.6 Å². The molecule has 3 rings (SSSR count). The fourth-order valence-electron chi connectivity index (χ4n) is 3.45. The first kappa shape index (κ1) is 20.0. The van der Waals surface area contributed by atoms with Gasteiger partial charge in [0.2, 0.25) is 6.29 Å². The number of anilines is 1. The smallest absolute Gasteiger partial charge is 0.290 e. The molecule has 1 aliphatic rings. The first-order valence-electron chi connectivity index (χ1n) is 9.60. The maximum absolute atomic E-state index is 12.8. The highest BCUT2D eigenvalue weighted by atomic mass is 16.7. The van der Waals surface area contributed by atoms with Gasteiger partial charge in [-0.1, -0.05) is 30.3 Å². The van der Waals surface area contributed by atoms with Crippen LogP contribution < -0.4 is 5.32 Å². The molecule has 1 aromatic heterocycles. The van der Waals surface area contributed by atoms with Gasteiger partial charge in [0.15, 0.2) is 5.76 Å². The Morgan fingerprint density at radius 2 is 2.07 bits per heavy atom. The van der Waals surface area contributed by atoms with Crippen molar-refractivity contribution in [2.75, 3.05) is 18.5 Å². The molecule has 2 aromatic rings. The van der Waals surface area contributed by atoms with Crippen LogP contribution in [0, 0.1) is 5.92 Å². The number of hydrogen-bond donors (Lipinski definition) is 2. The van der Waals surface area contributed by atoms with E-state index < -0.39 is 6.29 Å². The van der Waals surface area contributed by atoms with E-state index in [2.05, 4.69) is 10.3 Å². The number of allylic oxidation sites excluding steroid dienone is 1. The fourth-order valence-corrected chi connectivity index (χ4v) is 3.45. The summed E-state index contributed by atoms with van der Waals surface area (Å²) in [4.78, 5) is 16.8. The SMILES string of the molecule is CCO[C@@H]1OC(C(=O)Nc2cccnc2)=C[C@H](c2ccccc2)[C@H]1CCCO. The van der Waals surface area contributed by atoms with Gasteiger partial charge in [0.05, 0.1) is 11.9 Å². The number of rotatable bonds is 8. The number of nitrogens with one attached hydrogen (secondary N) is 1. The topological polar surface area (TPSA) is 80.7 Å². The summed E-state index contributed by atoms with van der Waals surface area (Å²) in [7, 11) is 0. The van der Waals surface area contributed by atoms with Gasteiger partial charge in [-0.05, 0) is 43.5 Å². The minimum absolute atomic E-state index is 0.00411. The molecule has 0 aliphatic carbocycles. The molecule has 1 aromatic carbocycles. The van der Waals surface area contributed by atoms with Crippen molar-refractivity contribution in [3.63, 3.8) is 0 Å². The van der Waals surface area contributed by atoms with Gasteiger partial charge in [0.25, 0.3) is 5.91 Å². The molecule has 2 heterocycles. The molecule has 0 radical (unpaired) electrons. The lowest BCUT2D eigenvalue weighted by molar-refractivity contribution is -0.165. The number of ether oxygens (including phenoxy) is 2. The van der Waals surface area contributed by atoms with Crippen LogP contribution in [0.3, 0.4) is 0 Å². The first-order valence-corrected chi connectivity index (χ1v) is 9.60. The number of aliphatic hydroxyl groups excluding tert-OH is 1. The lowest BCUT2D eigenvalue weighted by Gasteiger charge is -2.37. The van der Waals surface area contributed by atoms with E-state index in [1.54, 1.807) is 24.5 Å². The van der Waals surface area contributed by atoms with E-state index in [4.69, 9.17) is 9.47 Å². The van der Waals surface area contributed by atoms with E-state index in [-0.39, 0.29) is 30.1 Å². The summed E-state index contributed by atoms with van der Waals surface area (Å²) in [5.74, 6) is -0.146. The van der Waals surface area contributed by atoms with Gasteiger partial charge in [-0.25, -0.2) is 0 Å². The predicted molar refractivity (Wildman–Crippen MR) is 106 cm³/mol. The molecule has 0 bridgehead atoms. The Kier molecular flexibility index (Phi) is 7.17. The third-order valence-electron chi connectivity index (χ3n) is 4.74. The van der Waals surface area contributed by atoms with Crippen LogP contribution in [-0.4, -0.2) is 35.5 Å². The number of aliphatic hydroxyl groups is 1. The number of nitrogens with zero attached hydrogens (tertiary/aromatic N) is 1. The van der Waals surface area contributed by atoms with Crippen LogP contribution in [0.1, 0.15) is 31.2 Å². The summed E-state index contributed by atoms with van der Waals surface area (Å²) in [6, 6.07) is 13.5. The molecule has 3 atom stereocenters. The summed E-state index contributed by atoms with van der Waals surface area (Å²) in [5.41, 5.74) is 1.69. The number of carbonyl (C=O) groups is 1. The molecule has 2 N–H and O–H groups in total. The van der Waals surface area contributed by atoms with Gasteiger partial charge in [-0.15, -0.1) is 0 Å². The maximum atomic E-state index is 12.8. The van der Waals surface area contributed by atoms with Crippen molar-refractivity contribution in [1.82, 2.24) is 4.98 Å². The van der Waals surface area contributed by atoms with Gasteiger partial charge >= 0.3 is 0 Å². The number of aromatic nitrogens is 1. The summed E-state index contributed by atoms with van der Waals surface area (Å²) in [6.45, 7) is 2.48. The van der Waals surface area contributed by atoms with Crippen molar-refractivity contribution in [3.05, 3.63) is 72.3 Å². The zero-order valence-electron chi connectivity index (χ0n) is 16.0. The molecular formula is C22H26N2O4. The van der Waals surface area contributed by atoms with Crippen LogP contribution in [0.5, 0.6) is 0 Å². The van der Waals surface area contributed by atoms with Crippen molar-refractivity contribution in [2.45, 2.75) is 32.0 Å². The summed E-state index contributed by atoms with van der Waals surface area (Å²) >= 11 is 0. The second-order valence-corrected chi connectivity index (χ2v) is 6.63. The van der Waals surface area contributed by atoms with Crippen LogP contribution in [0.4, 0.5) is 5.69 Å². The molecule has 148 valence electrons. The van der Waals surface area contributed by atoms with Crippen LogP contribution in [0.25, 0.3) is 0 Å². The largest absolute Gasteiger partial charge is 0.459 e. The van der Waals surface area contributed by atoms with E-state index >= 15 is 0 Å². The zero-order valence-corrected chi connectivity index (χ0v) is 16.0. The molecule has 0 unspecified atom stereocenters. The van der Waals surface area contributed by atoms with Crippen LogP contribution in [0.15, 0.2) is 66.7 Å². The molecule has 1 amide bonds. The molecule has 0 saturated carbocycles. The highest BCUT2D eigenvalue weighted by Gasteiger charge is 2.37. The summed E-state index contributed by atoms with van der Waals surface area (Å²) in [5, 5.41) is 12.1. The molecule has 0 spiro atoms. The molecule has 0 fully saturated rings. The number of carbonyl (C=O) groups excluding carboxylic acids is 1. The molecular weight excluding hydrogens is 356 g/mol. The van der Waals surface area contributed by atoms with Gasteiger partial charge in [-0.3, -0.25) is 9.78 Å². The van der Waals surface area contributed by atoms with Crippen molar-refractivity contribution in [2.24, 2.45) is 5.92 Å². The number of pyridine rings is 1. The van der Waals surface area contributed by atoms with E-state index in [1.165, 1.54) is 0 Å². The van der Waals surface area contributed by atoms with E-state index in [1.807, 2.05) is 43.3 Å². The van der Waals surface area contributed by atoms with Crippen molar-refractivity contribution in [1.29, 1.82) is 0 Å². The Balaban J connectivity index is 1.90. The molecule has 1 aliphatic heterocycles. The Morgan fingerprint density at radius 1 is 1.25 bits per heavy atom. The third kappa shape index (κ3) is 4.97. The van der Waals surface area contributed by atoms with Gasteiger partial charge in [0.1, 0.15) is 0 Å². The lowest BCUT2D eigenvalue weighted by atomic mass is 9.80. The van der Waals surface area contributed by atoms with Crippen molar-refractivity contribution in [3.8, 4) is 0 Å². The van der Waals surface area contributed by atoms with Crippen molar-refractivity contribution < 1.29 is 19.4 Å². The van der Waals surface area contributed by atoms with Crippen LogP contribution in [0.2, 0.25) is 0 Å². The number of amides is 1. The second-order valence-electron chi connectivity index (χ2n) is 6.63. The molecule has 0 saturated heterocycles. The highest BCUT2D eigenvalue weighted by molar-refractivity contribution is 6.02. The monoisotopic (exact) mass is 382 g/mol. The normalized spacial score (nSPS) is 21.5. The van der Waals surface area contributed by atoms with E-state index in [0.29, 0.717) is 18.7 Å². The Bertz CT molecular complexity index is 780. The van der Waals surface area contributed by atoms with Gasteiger partial charge in [0, 0.05) is 31.2 Å². The number of benzene rings is 1. The lowest BCUT2D eigenvalue weighted by Crippen LogP contribution is -2.37. The van der Waals surface area contributed by atoms with Gasteiger partial charge in [-0.2, -0.15) is 0 Å². The Labute approximate surface area is 165 Å². The minimum Gasteiger partial charge on any atom is -0.459 e. The molecule has 6 heteroatoms. The third-order valence-corrected chi connectivity index (χ3v) is 4.74. The Morgan fingerprint density at radius 3 is 2.75 bits per heavy atom. The standard InChI is InChI=1S/C22H26N2O4/c1-2-27-22-18(11-7-13-25)19(16-8-4-3-5-9-16)14-20(28-22)21(26)24-17-10-6-12-23-15-17/h3-6,8-10,12,14-15,18-19,22,25H,2,7,11,13H2,1H3,(H,24,26)/t18-,19-,22-/m1/s1. The van der Waals surface area contributed by atoms with Gasteiger partial charge < -0.3 is 19.9 Å². The fraction of sp³-hybridized carbons (Fsp3) is 0.364. The zero-order chi connectivity index (χ0) is 19.8. The molecule has 28 heavy (non-hydrogen) atoms. The predicted octanol–water partition coefficient (Wildman–Crippen LogP) is 3.47. The first-order chi connectivity index (χ1) is 13.7. The van der Waals surface area contributed by atoms with E-state index in [0.717, 1.165) is 12.0 Å². The summed E-state index contributed by atoms with van der Waals surface area (Å²) in [6.07, 6.45) is 5.91. The summed E-state index contributed by atoms with van der Waals surface area (Å²) < 4.78 is 11.8. The second kappa shape index (κ2) is 10.0. The average molecular weight is 382 g/mol. The average Bonchev–Trinajstić information content (AvgIpc) is 2.74. The van der Waals surface area contributed by atoms with Crippen LogP contribution in [-0.2, 0) is 14.3 Å². The quantitative estimate of drug-likeness (QED) is 0.731. The molecule has 6 nitrogen and oxygen atoms in total. The Hall–Kier alpha value is -2.70.